The normalized spacial score (nSPS) is 13.8. The zero-order valence-electron chi connectivity index (χ0n) is 12.8. The molecule has 0 aromatic heterocycles. The number of guanidine groups is 1. The molecule has 0 aliphatic rings. The van der Waals surface area contributed by atoms with E-state index in [1.54, 1.807) is 12.1 Å². The van der Waals surface area contributed by atoms with E-state index >= 15 is 0 Å². The number of primary sulfonamides is 1. The maximum Gasteiger partial charge on any atom is 0.238 e. The molecule has 0 saturated carbocycles. The molecule has 1 aromatic carbocycles. The van der Waals surface area contributed by atoms with E-state index in [-0.39, 0.29) is 4.90 Å². The molecule has 4 N–H and O–H groups in total. The highest BCUT2D eigenvalue weighted by molar-refractivity contribution is 7.89. The summed E-state index contributed by atoms with van der Waals surface area (Å²) in [5.41, 5.74) is 0.920. The van der Waals surface area contributed by atoms with Crippen LogP contribution >= 0.6 is 0 Å². The van der Waals surface area contributed by atoms with Crippen LogP contribution in [0.2, 0.25) is 0 Å². The lowest BCUT2D eigenvalue weighted by molar-refractivity contribution is 0.597. The molecule has 0 heterocycles. The van der Waals surface area contributed by atoms with Crippen LogP contribution in [0.4, 0.5) is 0 Å². The summed E-state index contributed by atoms with van der Waals surface area (Å²) < 4.78 is 22.4. The standard InChI is InChI=1S/C14H24N4O2S/c1-4-11(3)18-14(16-5-2)17-10-12-6-8-13(9-7-12)21(15,19)20/h6-9,11H,4-5,10H2,1-3H3,(H2,15,19,20)(H2,16,17,18). The Morgan fingerprint density at radius 2 is 1.90 bits per heavy atom. The third-order valence-corrected chi connectivity index (χ3v) is 3.94. The summed E-state index contributed by atoms with van der Waals surface area (Å²) in [5, 5.41) is 11.5. The van der Waals surface area contributed by atoms with E-state index in [2.05, 4.69) is 29.5 Å². The minimum Gasteiger partial charge on any atom is -0.357 e. The molecule has 0 bridgehead atoms. The second kappa shape index (κ2) is 7.99. The highest BCUT2D eigenvalue weighted by atomic mass is 32.2. The van der Waals surface area contributed by atoms with Crippen LogP contribution < -0.4 is 15.8 Å². The maximum atomic E-state index is 11.2. The Kier molecular flexibility index (Phi) is 6.64. The largest absolute Gasteiger partial charge is 0.357 e. The zero-order valence-corrected chi connectivity index (χ0v) is 13.6. The van der Waals surface area contributed by atoms with Crippen LogP contribution in [0.5, 0.6) is 0 Å². The highest BCUT2D eigenvalue weighted by Crippen LogP contribution is 2.09. The van der Waals surface area contributed by atoms with Gasteiger partial charge in [0.15, 0.2) is 5.96 Å². The van der Waals surface area contributed by atoms with E-state index in [1.165, 1.54) is 12.1 Å². The first-order valence-corrected chi connectivity index (χ1v) is 8.58. The topological polar surface area (TPSA) is 96.6 Å². The van der Waals surface area contributed by atoms with Gasteiger partial charge in [0, 0.05) is 12.6 Å². The lowest BCUT2D eigenvalue weighted by Gasteiger charge is -2.16. The first-order valence-electron chi connectivity index (χ1n) is 7.03. The molecule has 0 amide bonds. The minimum atomic E-state index is -3.64. The number of rotatable bonds is 6. The smallest absolute Gasteiger partial charge is 0.238 e. The molecule has 1 aromatic rings. The molecule has 0 spiro atoms. The van der Waals surface area contributed by atoms with E-state index in [0.29, 0.717) is 12.6 Å². The van der Waals surface area contributed by atoms with Gasteiger partial charge in [-0.3, -0.25) is 0 Å². The monoisotopic (exact) mass is 312 g/mol. The van der Waals surface area contributed by atoms with E-state index < -0.39 is 10.0 Å². The van der Waals surface area contributed by atoms with Crippen LogP contribution in [-0.2, 0) is 16.6 Å². The van der Waals surface area contributed by atoms with E-state index in [9.17, 15) is 8.42 Å². The fourth-order valence-electron chi connectivity index (χ4n) is 1.61. The number of hydrogen-bond donors (Lipinski definition) is 3. The Labute approximate surface area is 126 Å². The number of hydrogen-bond acceptors (Lipinski definition) is 3. The third kappa shape index (κ3) is 6.14. The molecule has 1 unspecified atom stereocenters. The summed E-state index contributed by atoms with van der Waals surface area (Å²) in [6.07, 6.45) is 1.01. The van der Waals surface area contributed by atoms with E-state index in [0.717, 1.165) is 24.5 Å². The van der Waals surface area contributed by atoms with Gasteiger partial charge in [0.2, 0.25) is 10.0 Å². The van der Waals surface area contributed by atoms with Crippen molar-refractivity contribution in [1.82, 2.24) is 10.6 Å². The lowest BCUT2D eigenvalue weighted by Crippen LogP contribution is -2.41. The number of nitrogens with zero attached hydrogens (tertiary/aromatic N) is 1. The second-order valence-electron chi connectivity index (χ2n) is 4.84. The first kappa shape index (κ1) is 17.5. The van der Waals surface area contributed by atoms with Crippen molar-refractivity contribution in [2.24, 2.45) is 10.1 Å². The predicted octanol–water partition coefficient (Wildman–Crippen LogP) is 1.19. The molecule has 1 rings (SSSR count). The molecule has 0 aliphatic carbocycles. The molecule has 21 heavy (non-hydrogen) atoms. The Bertz CT molecular complexity index is 567. The third-order valence-electron chi connectivity index (χ3n) is 3.01. The van der Waals surface area contributed by atoms with Gasteiger partial charge in [-0.25, -0.2) is 18.5 Å². The minimum absolute atomic E-state index is 0.111. The molecule has 1 atom stereocenters. The first-order chi connectivity index (χ1) is 9.86. The molecule has 0 fully saturated rings. The fraction of sp³-hybridized carbons (Fsp3) is 0.500. The summed E-state index contributed by atoms with van der Waals surface area (Å²) >= 11 is 0. The summed E-state index contributed by atoms with van der Waals surface area (Å²) in [5.74, 6) is 0.752. The number of sulfonamides is 1. The lowest BCUT2D eigenvalue weighted by atomic mass is 10.2. The fourth-order valence-corrected chi connectivity index (χ4v) is 2.13. The number of aliphatic imine (C=N–C) groups is 1. The van der Waals surface area contributed by atoms with Gasteiger partial charge in [0.25, 0.3) is 0 Å². The molecular formula is C14H24N4O2S. The quantitative estimate of drug-likeness (QED) is 0.543. The molecular weight excluding hydrogens is 288 g/mol. The SMILES string of the molecule is CCNC(=NCc1ccc(S(N)(=O)=O)cc1)NC(C)CC. The Hall–Kier alpha value is -1.60. The van der Waals surface area contributed by atoms with Gasteiger partial charge in [-0.2, -0.15) is 0 Å². The van der Waals surface area contributed by atoms with Crippen molar-refractivity contribution in [1.29, 1.82) is 0 Å². The molecule has 7 heteroatoms. The van der Waals surface area contributed by atoms with Gasteiger partial charge < -0.3 is 10.6 Å². The predicted molar refractivity (Wildman–Crippen MR) is 85.5 cm³/mol. The van der Waals surface area contributed by atoms with E-state index in [4.69, 9.17) is 5.14 Å². The van der Waals surface area contributed by atoms with Gasteiger partial charge in [-0.05, 0) is 38.0 Å². The van der Waals surface area contributed by atoms with Gasteiger partial charge in [0.05, 0.1) is 11.4 Å². The molecule has 0 radical (unpaired) electrons. The molecule has 118 valence electrons. The average molecular weight is 312 g/mol. The second-order valence-corrected chi connectivity index (χ2v) is 6.40. The van der Waals surface area contributed by atoms with Crippen molar-refractivity contribution in [2.45, 2.75) is 44.7 Å². The maximum absolute atomic E-state index is 11.2. The number of nitrogens with one attached hydrogen (secondary N) is 2. The van der Waals surface area contributed by atoms with Crippen molar-refractivity contribution in [2.75, 3.05) is 6.54 Å². The van der Waals surface area contributed by atoms with Crippen molar-refractivity contribution >= 4 is 16.0 Å². The summed E-state index contributed by atoms with van der Waals surface area (Å²) in [4.78, 5) is 4.59. The molecule has 6 nitrogen and oxygen atoms in total. The summed E-state index contributed by atoms with van der Waals surface area (Å²) in [7, 11) is -3.64. The van der Waals surface area contributed by atoms with Gasteiger partial charge >= 0.3 is 0 Å². The van der Waals surface area contributed by atoms with Crippen LogP contribution in [0, 0.1) is 0 Å². The summed E-state index contributed by atoms with van der Waals surface area (Å²) in [6, 6.07) is 6.77. The molecule has 0 saturated heterocycles. The average Bonchev–Trinajstić information content (AvgIpc) is 2.44. The van der Waals surface area contributed by atoms with Crippen LogP contribution in [0.1, 0.15) is 32.8 Å². The summed E-state index contributed by atoms with van der Waals surface area (Å²) in [6.45, 7) is 7.46. The zero-order chi connectivity index (χ0) is 15.9. The van der Waals surface area contributed by atoms with Crippen LogP contribution in [0.3, 0.4) is 0 Å². The van der Waals surface area contributed by atoms with Crippen molar-refractivity contribution in [3.05, 3.63) is 29.8 Å². The number of benzene rings is 1. The van der Waals surface area contributed by atoms with Crippen molar-refractivity contribution in [3.8, 4) is 0 Å². The van der Waals surface area contributed by atoms with Crippen molar-refractivity contribution in [3.63, 3.8) is 0 Å². The Morgan fingerprint density at radius 1 is 1.29 bits per heavy atom. The van der Waals surface area contributed by atoms with Crippen molar-refractivity contribution < 1.29 is 8.42 Å². The Balaban J connectivity index is 2.76. The van der Waals surface area contributed by atoms with Crippen LogP contribution in [0.15, 0.2) is 34.2 Å². The molecule has 0 aliphatic heterocycles. The van der Waals surface area contributed by atoms with Crippen LogP contribution in [-0.4, -0.2) is 27.0 Å². The van der Waals surface area contributed by atoms with Crippen LogP contribution in [0.25, 0.3) is 0 Å². The van der Waals surface area contributed by atoms with Gasteiger partial charge in [-0.15, -0.1) is 0 Å². The number of nitrogens with two attached hydrogens (primary N) is 1. The highest BCUT2D eigenvalue weighted by Gasteiger charge is 2.07. The Morgan fingerprint density at radius 3 is 2.38 bits per heavy atom. The van der Waals surface area contributed by atoms with Gasteiger partial charge in [-0.1, -0.05) is 19.1 Å². The van der Waals surface area contributed by atoms with E-state index in [1.807, 2.05) is 6.92 Å². The van der Waals surface area contributed by atoms with Gasteiger partial charge in [0.1, 0.15) is 0 Å².